The summed E-state index contributed by atoms with van der Waals surface area (Å²) in [6.45, 7) is -1.54. The van der Waals surface area contributed by atoms with Crippen LogP contribution in [-0.2, 0) is 9.63 Å². The summed E-state index contributed by atoms with van der Waals surface area (Å²) in [4.78, 5) is 17.0. The first kappa shape index (κ1) is 19.6. The number of nitrogens with zero attached hydrogens (tertiary/aromatic N) is 1. The molecular weight excluding hydrogens is 373 g/mol. The van der Waals surface area contributed by atoms with E-state index in [9.17, 15) is 18.0 Å². The van der Waals surface area contributed by atoms with E-state index >= 15 is 0 Å². The highest BCUT2D eigenvalue weighted by molar-refractivity contribution is 6.31. The van der Waals surface area contributed by atoms with E-state index in [1.54, 1.807) is 6.07 Å². The number of para-hydroxylation sites is 1. The lowest BCUT2D eigenvalue weighted by molar-refractivity contribution is -0.126. The number of hydrogen-bond acceptors (Lipinski definition) is 4. The summed E-state index contributed by atoms with van der Waals surface area (Å²) in [5.41, 5.74) is 0.544. The van der Waals surface area contributed by atoms with E-state index in [0.717, 1.165) is 12.3 Å². The molecule has 26 heavy (non-hydrogen) atoms. The molecule has 0 saturated heterocycles. The van der Waals surface area contributed by atoms with Gasteiger partial charge in [0.05, 0.1) is 11.2 Å². The third-order valence-corrected chi connectivity index (χ3v) is 3.39. The first-order valence-electron chi connectivity index (χ1n) is 7.35. The van der Waals surface area contributed by atoms with E-state index in [1.165, 1.54) is 37.3 Å². The fraction of sp³-hybridized carbons (Fsp3) is 0.176. The van der Waals surface area contributed by atoms with Gasteiger partial charge in [-0.1, -0.05) is 28.9 Å². The van der Waals surface area contributed by atoms with Gasteiger partial charge in [0, 0.05) is 11.3 Å². The number of amides is 1. The zero-order valence-corrected chi connectivity index (χ0v) is 14.2. The van der Waals surface area contributed by atoms with Crippen molar-refractivity contribution >= 4 is 29.4 Å². The van der Waals surface area contributed by atoms with Crippen LogP contribution < -0.4 is 10.1 Å². The van der Waals surface area contributed by atoms with Crippen LogP contribution in [-0.4, -0.2) is 24.8 Å². The molecule has 2 aromatic carbocycles. The number of oxime groups is 1. The van der Waals surface area contributed by atoms with E-state index in [2.05, 4.69) is 15.2 Å². The molecule has 0 spiro atoms. The van der Waals surface area contributed by atoms with Gasteiger partial charge in [-0.25, -0.2) is 4.39 Å². The Morgan fingerprint density at radius 3 is 2.69 bits per heavy atom. The Balaban J connectivity index is 1.95. The van der Waals surface area contributed by atoms with Crippen LogP contribution in [0.4, 0.5) is 18.9 Å². The fourth-order valence-electron chi connectivity index (χ4n) is 1.83. The van der Waals surface area contributed by atoms with Crippen molar-refractivity contribution in [3.8, 4) is 5.75 Å². The number of rotatable bonds is 7. The predicted octanol–water partition coefficient (Wildman–Crippen LogP) is 4.46. The summed E-state index contributed by atoms with van der Waals surface area (Å²) in [5.74, 6) is -1.24. The minimum Gasteiger partial charge on any atom is -0.434 e. The molecule has 1 amide bonds. The van der Waals surface area contributed by atoms with Crippen molar-refractivity contribution < 1.29 is 27.5 Å². The van der Waals surface area contributed by atoms with Gasteiger partial charge in [0.15, 0.2) is 0 Å². The van der Waals surface area contributed by atoms with Crippen molar-refractivity contribution in [3.05, 3.63) is 58.9 Å². The zero-order valence-electron chi connectivity index (χ0n) is 13.5. The lowest BCUT2D eigenvalue weighted by atomic mass is 10.2. The van der Waals surface area contributed by atoms with Crippen LogP contribution in [0.3, 0.4) is 0 Å². The SMILES string of the molecule is CC(O/N=C/c1ccccc1OC(F)F)C(=O)Nc1ccc(F)c(Cl)c1. The molecular formula is C17H14ClF3N2O3. The number of benzene rings is 2. The van der Waals surface area contributed by atoms with Crippen molar-refractivity contribution in [2.75, 3.05) is 5.32 Å². The van der Waals surface area contributed by atoms with E-state index in [0.29, 0.717) is 0 Å². The summed E-state index contributed by atoms with van der Waals surface area (Å²) >= 11 is 5.63. The van der Waals surface area contributed by atoms with Crippen LogP contribution in [0.5, 0.6) is 5.75 Å². The Hall–Kier alpha value is -2.74. The highest BCUT2D eigenvalue weighted by Crippen LogP contribution is 2.20. The molecule has 5 nitrogen and oxygen atoms in total. The van der Waals surface area contributed by atoms with Gasteiger partial charge < -0.3 is 14.9 Å². The first-order valence-corrected chi connectivity index (χ1v) is 7.73. The second-order valence-corrected chi connectivity index (χ2v) is 5.42. The van der Waals surface area contributed by atoms with E-state index in [1.807, 2.05) is 0 Å². The topological polar surface area (TPSA) is 59.9 Å². The number of alkyl halides is 2. The van der Waals surface area contributed by atoms with Gasteiger partial charge >= 0.3 is 6.61 Å². The minimum atomic E-state index is -2.97. The summed E-state index contributed by atoms with van der Waals surface area (Å²) < 4.78 is 42.1. The molecule has 0 heterocycles. The van der Waals surface area contributed by atoms with Gasteiger partial charge in [-0.05, 0) is 37.3 Å². The zero-order chi connectivity index (χ0) is 19.1. The van der Waals surface area contributed by atoms with E-state index in [4.69, 9.17) is 16.4 Å². The molecule has 9 heteroatoms. The molecule has 2 rings (SSSR count). The highest BCUT2D eigenvalue weighted by atomic mass is 35.5. The Morgan fingerprint density at radius 1 is 1.27 bits per heavy atom. The molecule has 1 atom stereocenters. The molecule has 0 aliphatic carbocycles. The average molecular weight is 387 g/mol. The molecule has 0 saturated carbocycles. The van der Waals surface area contributed by atoms with Crippen molar-refractivity contribution in [1.29, 1.82) is 0 Å². The highest BCUT2D eigenvalue weighted by Gasteiger charge is 2.15. The summed E-state index contributed by atoms with van der Waals surface area (Å²) in [5, 5.41) is 5.96. The molecule has 1 unspecified atom stereocenters. The predicted molar refractivity (Wildman–Crippen MR) is 91.3 cm³/mol. The molecule has 0 bridgehead atoms. The third kappa shape index (κ3) is 5.66. The third-order valence-electron chi connectivity index (χ3n) is 3.10. The Kier molecular flexibility index (Phi) is 6.85. The quantitative estimate of drug-likeness (QED) is 0.564. The Labute approximate surface area is 152 Å². The van der Waals surface area contributed by atoms with Crippen LogP contribution >= 0.6 is 11.6 Å². The molecule has 2 aromatic rings. The molecule has 0 aliphatic heterocycles. The van der Waals surface area contributed by atoms with Crippen molar-refractivity contribution in [1.82, 2.24) is 0 Å². The Bertz CT molecular complexity index is 803. The molecule has 138 valence electrons. The molecule has 0 aliphatic rings. The van der Waals surface area contributed by atoms with Crippen molar-refractivity contribution in [3.63, 3.8) is 0 Å². The summed E-state index contributed by atoms with van der Waals surface area (Å²) in [7, 11) is 0. The number of carbonyl (C=O) groups is 1. The van der Waals surface area contributed by atoms with Gasteiger partial charge in [-0.3, -0.25) is 4.79 Å². The van der Waals surface area contributed by atoms with E-state index in [-0.39, 0.29) is 22.0 Å². The summed E-state index contributed by atoms with van der Waals surface area (Å²) in [6, 6.07) is 9.68. The maximum absolute atomic E-state index is 13.1. The van der Waals surface area contributed by atoms with Gasteiger partial charge in [0.25, 0.3) is 5.91 Å². The maximum atomic E-state index is 13.1. The van der Waals surface area contributed by atoms with E-state index < -0.39 is 24.4 Å². The first-order chi connectivity index (χ1) is 12.4. The molecule has 0 fully saturated rings. The second-order valence-electron chi connectivity index (χ2n) is 5.02. The fourth-order valence-corrected chi connectivity index (χ4v) is 2.02. The van der Waals surface area contributed by atoms with Gasteiger partial charge in [-0.2, -0.15) is 8.78 Å². The van der Waals surface area contributed by atoms with Gasteiger partial charge in [0.2, 0.25) is 6.10 Å². The smallest absolute Gasteiger partial charge is 0.387 e. The number of ether oxygens (including phenoxy) is 1. The number of hydrogen-bond donors (Lipinski definition) is 1. The largest absolute Gasteiger partial charge is 0.434 e. The monoisotopic (exact) mass is 386 g/mol. The van der Waals surface area contributed by atoms with Gasteiger partial charge in [0.1, 0.15) is 11.6 Å². The lowest BCUT2D eigenvalue weighted by Crippen LogP contribution is -2.26. The lowest BCUT2D eigenvalue weighted by Gasteiger charge is -2.11. The minimum absolute atomic E-state index is 0.0760. The van der Waals surface area contributed by atoms with Crippen LogP contribution in [0.2, 0.25) is 5.02 Å². The average Bonchev–Trinajstić information content (AvgIpc) is 2.59. The number of halogens is 4. The normalized spacial score (nSPS) is 12.2. The molecule has 0 aromatic heterocycles. The number of carbonyl (C=O) groups excluding carboxylic acids is 1. The Morgan fingerprint density at radius 2 is 2.00 bits per heavy atom. The van der Waals surface area contributed by atoms with Crippen LogP contribution in [0.1, 0.15) is 12.5 Å². The van der Waals surface area contributed by atoms with Crippen LogP contribution in [0.15, 0.2) is 47.6 Å². The van der Waals surface area contributed by atoms with Crippen LogP contribution in [0.25, 0.3) is 0 Å². The summed E-state index contributed by atoms with van der Waals surface area (Å²) in [6.07, 6.45) is 0.147. The van der Waals surface area contributed by atoms with Crippen molar-refractivity contribution in [2.24, 2.45) is 5.16 Å². The molecule has 1 N–H and O–H groups in total. The number of anilines is 1. The van der Waals surface area contributed by atoms with Crippen molar-refractivity contribution in [2.45, 2.75) is 19.6 Å². The second kappa shape index (κ2) is 9.10. The van der Waals surface area contributed by atoms with Crippen LogP contribution in [0, 0.1) is 5.82 Å². The maximum Gasteiger partial charge on any atom is 0.387 e. The number of nitrogens with one attached hydrogen (secondary N) is 1. The standard InChI is InChI=1S/C17H14ClF3N2O3/c1-10(16(24)23-12-6-7-14(19)13(18)8-12)26-22-9-11-4-2-3-5-15(11)25-17(20)21/h2-10,17H,1H3,(H,23,24)/b22-9+. The van der Waals surface area contributed by atoms with Gasteiger partial charge in [-0.15, -0.1) is 0 Å². The molecule has 0 radical (unpaired) electrons.